The van der Waals surface area contributed by atoms with Crippen LogP contribution in [0.2, 0.25) is 0 Å². The first-order chi connectivity index (χ1) is 17.3. The lowest BCUT2D eigenvalue weighted by atomic mass is 9.42. The van der Waals surface area contributed by atoms with E-state index < -0.39 is 0 Å². The zero-order chi connectivity index (χ0) is 26.6. The lowest BCUT2D eigenvalue weighted by molar-refractivity contribution is -0.128. The van der Waals surface area contributed by atoms with Gasteiger partial charge in [0, 0.05) is 23.6 Å². The van der Waals surface area contributed by atoms with Crippen molar-refractivity contribution in [2.24, 2.45) is 44.8 Å². The number of nitrogens with one attached hydrogen (secondary N) is 1. The summed E-state index contributed by atoms with van der Waals surface area (Å²) in [7, 11) is 4.46. The largest absolute Gasteiger partial charge is 0.393 e. The van der Waals surface area contributed by atoms with Crippen LogP contribution < -0.4 is 5.32 Å². The second-order valence-electron chi connectivity index (χ2n) is 14.9. The van der Waals surface area contributed by atoms with Gasteiger partial charge in [0.05, 0.1) is 6.10 Å². The lowest BCUT2D eigenvalue weighted by Crippen LogP contribution is -2.58. The van der Waals surface area contributed by atoms with E-state index in [2.05, 4.69) is 71.1 Å². The third-order valence-electron chi connectivity index (χ3n) is 13.1. The van der Waals surface area contributed by atoms with Gasteiger partial charge < -0.3 is 15.3 Å². The average Bonchev–Trinajstić information content (AvgIpc) is 3.43. The van der Waals surface area contributed by atoms with Gasteiger partial charge in [-0.25, -0.2) is 0 Å². The van der Waals surface area contributed by atoms with E-state index in [1.165, 1.54) is 25.7 Å². The van der Waals surface area contributed by atoms with Gasteiger partial charge in [0.2, 0.25) is 0 Å². The molecule has 6 rings (SSSR count). The van der Waals surface area contributed by atoms with Crippen molar-refractivity contribution in [3.63, 3.8) is 0 Å². The highest BCUT2D eigenvalue weighted by Gasteiger charge is 2.82. The Morgan fingerprint density at radius 1 is 1.03 bits per heavy atom. The molecule has 0 aromatic heterocycles. The van der Waals surface area contributed by atoms with Gasteiger partial charge in [-0.3, -0.25) is 4.79 Å². The van der Waals surface area contributed by atoms with Crippen molar-refractivity contribution in [1.82, 2.24) is 10.2 Å². The Hall–Kier alpha value is -1.65. The average molecular weight is 505 g/mol. The summed E-state index contributed by atoms with van der Waals surface area (Å²) in [5, 5.41) is 14.9. The molecule has 0 aliphatic heterocycles. The fourth-order valence-corrected chi connectivity index (χ4v) is 11.5. The Labute approximate surface area is 224 Å². The van der Waals surface area contributed by atoms with Crippen molar-refractivity contribution < 1.29 is 9.90 Å². The predicted molar refractivity (Wildman–Crippen MR) is 149 cm³/mol. The number of hydrogen-bond donors (Lipinski definition) is 2. The van der Waals surface area contributed by atoms with E-state index in [0.717, 1.165) is 18.8 Å². The molecule has 1 aromatic rings. The molecule has 10 atom stereocenters. The van der Waals surface area contributed by atoms with E-state index in [1.54, 1.807) is 0 Å². The van der Waals surface area contributed by atoms with Crippen LogP contribution in [0.25, 0.3) is 0 Å². The van der Waals surface area contributed by atoms with Crippen molar-refractivity contribution >= 4 is 5.91 Å². The fraction of sp³-hybridized carbons (Fsp3) is 0.727. The number of rotatable bonds is 4. The molecule has 0 radical (unpaired) electrons. The highest BCUT2D eigenvalue weighted by molar-refractivity contribution is 5.94. The van der Waals surface area contributed by atoms with Gasteiger partial charge in [0.15, 0.2) is 0 Å². The van der Waals surface area contributed by atoms with Crippen LogP contribution in [0.3, 0.4) is 0 Å². The van der Waals surface area contributed by atoms with Crippen molar-refractivity contribution in [1.29, 1.82) is 0 Å². The molecule has 2 spiro atoms. The van der Waals surface area contributed by atoms with Gasteiger partial charge in [-0.05, 0) is 111 Å². The first-order valence-electron chi connectivity index (χ1n) is 14.7. The topological polar surface area (TPSA) is 52.6 Å². The molecule has 202 valence electrons. The minimum Gasteiger partial charge on any atom is -0.393 e. The van der Waals surface area contributed by atoms with E-state index in [9.17, 15) is 9.90 Å². The molecule has 2 N–H and O–H groups in total. The number of aliphatic hydroxyl groups excluding tert-OH is 1. The summed E-state index contributed by atoms with van der Waals surface area (Å²) in [5.41, 5.74) is 1.79. The molecular weight excluding hydrogens is 456 g/mol. The Bertz CT molecular complexity index is 1110. The SMILES string of the molecule is CC(NC(=O)c1ccccc1)C1C(O)CC2(C)C3CCC4C(C)(C)C(N(C)C)C=CC45CC35CCC12C. The van der Waals surface area contributed by atoms with Gasteiger partial charge >= 0.3 is 0 Å². The zero-order valence-corrected chi connectivity index (χ0v) is 24.1. The van der Waals surface area contributed by atoms with E-state index in [-0.39, 0.29) is 40.2 Å². The van der Waals surface area contributed by atoms with Crippen molar-refractivity contribution in [2.45, 2.75) is 91.3 Å². The molecule has 0 saturated heterocycles. The lowest BCUT2D eigenvalue weighted by Gasteiger charge is -2.62. The minimum absolute atomic E-state index is 0.0163. The van der Waals surface area contributed by atoms with Gasteiger partial charge in [0.25, 0.3) is 5.91 Å². The highest BCUT2D eigenvalue weighted by atomic mass is 16.3. The number of nitrogens with zero attached hydrogens (tertiary/aromatic N) is 1. The Morgan fingerprint density at radius 2 is 1.70 bits per heavy atom. The molecular formula is C33H48N2O2. The number of benzene rings is 1. The first kappa shape index (κ1) is 25.6. The van der Waals surface area contributed by atoms with Gasteiger partial charge in [-0.15, -0.1) is 0 Å². The van der Waals surface area contributed by atoms with E-state index in [4.69, 9.17) is 0 Å². The smallest absolute Gasteiger partial charge is 0.251 e. The molecule has 1 amide bonds. The standard InChI is InChI=1S/C33H48N2O2/c1-21(34-28(37)22-11-9-8-10-12-22)27-23(36)19-31(5)25-14-13-24-29(2,3)26(35(6)7)15-16-32(24)20-33(25,32)18-17-30(27,31)4/h8-12,15-16,21,23-27,36H,13-14,17-20H2,1-7H3,(H,34,37). The summed E-state index contributed by atoms with van der Waals surface area (Å²) in [5.74, 6) is 1.42. The van der Waals surface area contributed by atoms with Crippen molar-refractivity contribution in [3.8, 4) is 0 Å². The number of carbonyl (C=O) groups excluding carboxylic acids is 1. The molecule has 4 nitrogen and oxygen atoms in total. The van der Waals surface area contributed by atoms with Gasteiger partial charge in [-0.1, -0.05) is 58.0 Å². The number of aliphatic hydroxyl groups is 1. The monoisotopic (exact) mass is 504 g/mol. The summed E-state index contributed by atoms with van der Waals surface area (Å²) < 4.78 is 0. The zero-order valence-electron chi connectivity index (χ0n) is 24.1. The Balaban J connectivity index is 1.30. The molecule has 37 heavy (non-hydrogen) atoms. The quantitative estimate of drug-likeness (QED) is 0.501. The third kappa shape index (κ3) is 3.12. The van der Waals surface area contributed by atoms with Crippen LogP contribution >= 0.6 is 0 Å². The second kappa shape index (κ2) is 7.94. The maximum absolute atomic E-state index is 13.0. The summed E-state index contributed by atoms with van der Waals surface area (Å²) in [4.78, 5) is 15.4. The summed E-state index contributed by atoms with van der Waals surface area (Å²) in [6, 6.07) is 9.92. The summed E-state index contributed by atoms with van der Waals surface area (Å²) >= 11 is 0. The minimum atomic E-state index is -0.375. The number of amides is 1. The third-order valence-corrected chi connectivity index (χ3v) is 13.1. The number of fused-ring (bicyclic) bond motifs is 2. The molecule has 4 fully saturated rings. The summed E-state index contributed by atoms with van der Waals surface area (Å²) in [6.45, 7) is 12.1. The molecule has 4 heteroatoms. The van der Waals surface area contributed by atoms with Crippen LogP contribution in [0.4, 0.5) is 0 Å². The number of allylic oxidation sites excluding steroid dienone is 1. The Morgan fingerprint density at radius 3 is 2.38 bits per heavy atom. The van der Waals surface area contributed by atoms with E-state index in [0.29, 0.717) is 28.4 Å². The summed E-state index contributed by atoms with van der Waals surface area (Å²) in [6.07, 6.45) is 12.0. The normalized spacial score (nSPS) is 47.9. The first-order valence-corrected chi connectivity index (χ1v) is 14.7. The van der Waals surface area contributed by atoms with Crippen LogP contribution in [-0.2, 0) is 0 Å². The molecule has 1 aromatic carbocycles. The fourth-order valence-electron chi connectivity index (χ4n) is 11.5. The molecule has 0 bridgehead atoms. The molecule has 5 aliphatic carbocycles. The van der Waals surface area contributed by atoms with Crippen LogP contribution in [0.1, 0.15) is 83.5 Å². The van der Waals surface area contributed by atoms with E-state index in [1.807, 2.05) is 30.3 Å². The van der Waals surface area contributed by atoms with Crippen LogP contribution in [0.5, 0.6) is 0 Å². The van der Waals surface area contributed by atoms with Crippen LogP contribution in [0, 0.1) is 44.8 Å². The van der Waals surface area contributed by atoms with Crippen molar-refractivity contribution in [2.75, 3.05) is 14.1 Å². The molecule has 10 unspecified atom stereocenters. The number of hydrogen-bond acceptors (Lipinski definition) is 3. The maximum Gasteiger partial charge on any atom is 0.251 e. The number of likely N-dealkylation sites (N-methyl/N-ethyl adjacent to an activating group) is 1. The van der Waals surface area contributed by atoms with Gasteiger partial charge in [0.1, 0.15) is 0 Å². The molecule has 5 aliphatic rings. The van der Waals surface area contributed by atoms with Crippen molar-refractivity contribution in [3.05, 3.63) is 48.0 Å². The predicted octanol–water partition coefficient (Wildman–Crippen LogP) is 5.92. The Kier molecular flexibility index (Phi) is 5.50. The van der Waals surface area contributed by atoms with E-state index >= 15 is 0 Å². The molecule has 4 saturated carbocycles. The van der Waals surface area contributed by atoms with Gasteiger partial charge in [-0.2, -0.15) is 0 Å². The van der Waals surface area contributed by atoms with Crippen LogP contribution in [0.15, 0.2) is 42.5 Å². The number of carbonyl (C=O) groups is 1. The second-order valence-corrected chi connectivity index (χ2v) is 14.9. The highest BCUT2D eigenvalue weighted by Crippen LogP contribution is 2.88. The van der Waals surface area contributed by atoms with Crippen LogP contribution in [-0.4, -0.2) is 48.2 Å². The molecule has 0 heterocycles. The maximum atomic E-state index is 13.0.